The number of alkyl halides is 2. The highest BCUT2D eigenvalue weighted by Gasteiger charge is 2.20. The summed E-state index contributed by atoms with van der Waals surface area (Å²) in [6, 6.07) is 3.06. The molecule has 1 heterocycles. The topological polar surface area (TPSA) is 67.4 Å². The number of benzene rings is 1. The van der Waals surface area contributed by atoms with Crippen molar-refractivity contribution in [1.82, 2.24) is 15.5 Å². The molecule has 0 atom stereocenters. The van der Waals surface area contributed by atoms with Gasteiger partial charge in [0.25, 0.3) is 0 Å². The number of unbranched alkanes of at least 4 members (excludes halogenated alkanes) is 1. The zero-order valence-corrected chi connectivity index (χ0v) is 17.5. The molecule has 1 aromatic rings. The van der Waals surface area contributed by atoms with Gasteiger partial charge < -0.3 is 29.7 Å². The van der Waals surface area contributed by atoms with Crippen molar-refractivity contribution < 1.29 is 23.0 Å². The summed E-state index contributed by atoms with van der Waals surface area (Å²) < 4.78 is 40.7. The Bertz CT molecular complexity index is 655. The van der Waals surface area contributed by atoms with Crippen LogP contribution in [0.5, 0.6) is 17.2 Å². The molecule has 2 N–H and O–H groups in total. The molecule has 0 unspecified atom stereocenters. The van der Waals surface area contributed by atoms with Crippen LogP contribution in [0.4, 0.5) is 8.78 Å². The van der Waals surface area contributed by atoms with Crippen LogP contribution in [-0.2, 0) is 6.54 Å². The molecule has 0 bridgehead atoms. The molecule has 29 heavy (non-hydrogen) atoms. The molecule has 7 nitrogen and oxygen atoms in total. The van der Waals surface area contributed by atoms with Crippen LogP contribution in [0.2, 0.25) is 0 Å². The van der Waals surface area contributed by atoms with Crippen LogP contribution in [0.1, 0.15) is 39.2 Å². The third-order valence-electron chi connectivity index (χ3n) is 4.61. The average molecular weight is 414 g/mol. The van der Waals surface area contributed by atoms with Gasteiger partial charge in [0.05, 0.1) is 6.54 Å². The Kier molecular flexibility index (Phi) is 9.76. The minimum absolute atomic E-state index is 0.0445. The first kappa shape index (κ1) is 23.0. The molecule has 1 aromatic carbocycles. The van der Waals surface area contributed by atoms with Crippen LogP contribution in [0, 0.1) is 0 Å². The zero-order valence-electron chi connectivity index (χ0n) is 17.5. The number of aliphatic imine (C=N–C) groups is 1. The summed E-state index contributed by atoms with van der Waals surface area (Å²) in [5.41, 5.74) is 0.508. The van der Waals surface area contributed by atoms with E-state index in [2.05, 4.69) is 39.1 Å². The molecule has 1 aliphatic rings. The quantitative estimate of drug-likeness (QED) is 0.311. The molecule has 0 radical (unpaired) electrons. The Labute approximate surface area is 171 Å². The fraction of sp³-hybridized carbons (Fsp3) is 0.650. The maximum atomic E-state index is 12.8. The van der Waals surface area contributed by atoms with Gasteiger partial charge >= 0.3 is 6.61 Å². The Morgan fingerprint density at radius 2 is 1.86 bits per heavy atom. The number of nitrogens with zero attached hydrogens (tertiary/aromatic N) is 2. The Morgan fingerprint density at radius 1 is 1.14 bits per heavy atom. The number of rotatable bonds is 12. The number of ether oxygens (including phenoxy) is 3. The van der Waals surface area contributed by atoms with Crippen LogP contribution in [0.3, 0.4) is 0 Å². The zero-order chi connectivity index (χ0) is 21.1. The number of hydrogen-bond acceptors (Lipinski definition) is 5. The van der Waals surface area contributed by atoms with Crippen molar-refractivity contribution in [3.8, 4) is 17.2 Å². The summed E-state index contributed by atoms with van der Waals surface area (Å²) in [4.78, 5) is 6.90. The Balaban J connectivity index is 1.95. The van der Waals surface area contributed by atoms with Gasteiger partial charge in [-0.15, -0.1) is 0 Å². The second-order valence-electron chi connectivity index (χ2n) is 6.55. The third kappa shape index (κ3) is 7.56. The van der Waals surface area contributed by atoms with Crippen molar-refractivity contribution in [3.05, 3.63) is 17.7 Å². The second kappa shape index (κ2) is 12.3. The second-order valence-corrected chi connectivity index (χ2v) is 6.55. The third-order valence-corrected chi connectivity index (χ3v) is 4.61. The van der Waals surface area contributed by atoms with E-state index in [0.717, 1.165) is 39.0 Å². The van der Waals surface area contributed by atoms with Gasteiger partial charge in [-0.1, -0.05) is 13.8 Å². The maximum absolute atomic E-state index is 12.8. The lowest BCUT2D eigenvalue weighted by Crippen LogP contribution is -2.38. The summed E-state index contributed by atoms with van der Waals surface area (Å²) in [6.45, 7) is 8.31. The van der Waals surface area contributed by atoms with Gasteiger partial charge in [0.15, 0.2) is 17.5 Å². The number of guanidine groups is 1. The number of halogens is 2. The Morgan fingerprint density at radius 3 is 2.52 bits per heavy atom. The molecule has 0 fully saturated rings. The summed E-state index contributed by atoms with van der Waals surface area (Å²) in [5, 5.41) is 6.46. The lowest BCUT2D eigenvalue weighted by atomic mass is 10.1. The van der Waals surface area contributed by atoms with E-state index in [4.69, 9.17) is 9.47 Å². The molecule has 0 aliphatic carbocycles. The van der Waals surface area contributed by atoms with Crippen LogP contribution >= 0.6 is 0 Å². The van der Waals surface area contributed by atoms with Gasteiger partial charge in [0.1, 0.15) is 5.75 Å². The molecule has 0 saturated carbocycles. The van der Waals surface area contributed by atoms with E-state index in [0.29, 0.717) is 29.6 Å². The van der Waals surface area contributed by atoms with Crippen LogP contribution < -0.4 is 24.8 Å². The summed E-state index contributed by atoms with van der Waals surface area (Å²) in [5.74, 6) is 1.58. The highest BCUT2D eigenvalue weighted by atomic mass is 19.3. The van der Waals surface area contributed by atoms with Crippen molar-refractivity contribution in [1.29, 1.82) is 0 Å². The van der Waals surface area contributed by atoms with Gasteiger partial charge in [-0.3, -0.25) is 0 Å². The van der Waals surface area contributed by atoms with E-state index in [-0.39, 0.29) is 19.1 Å². The van der Waals surface area contributed by atoms with Gasteiger partial charge in [-0.2, -0.15) is 8.78 Å². The van der Waals surface area contributed by atoms with E-state index >= 15 is 0 Å². The molecule has 1 aliphatic heterocycles. The maximum Gasteiger partial charge on any atom is 0.387 e. The summed E-state index contributed by atoms with van der Waals surface area (Å²) in [7, 11) is 0. The number of nitrogens with one attached hydrogen (secondary N) is 2. The van der Waals surface area contributed by atoms with Gasteiger partial charge in [0.2, 0.25) is 6.79 Å². The molecular formula is C20H32F2N4O3. The number of hydrogen-bond donors (Lipinski definition) is 2. The SMILES string of the molecule is CCNC(=NCc1cc2c(cc1OC(F)F)OCO2)NCCCCN(CC)CC. The fourth-order valence-electron chi connectivity index (χ4n) is 3.01. The van der Waals surface area contributed by atoms with E-state index < -0.39 is 6.61 Å². The van der Waals surface area contributed by atoms with Crippen molar-refractivity contribution >= 4 is 5.96 Å². The minimum atomic E-state index is -2.92. The molecule has 0 aromatic heterocycles. The standard InChI is InChI=1S/C20H32F2N4O3/c1-4-23-20(24-9-7-8-10-26(5-2)6-3)25-13-15-11-17-18(28-14-27-17)12-16(15)29-19(21)22/h11-12,19H,4-10,13-14H2,1-3H3,(H2,23,24,25). The molecule has 0 amide bonds. The van der Waals surface area contributed by atoms with E-state index in [1.165, 1.54) is 6.07 Å². The molecule has 0 saturated heterocycles. The lowest BCUT2D eigenvalue weighted by Gasteiger charge is -2.18. The fourth-order valence-corrected chi connectivity index (χ4v) is 3.01. The van der Waals surface area contributed by atoms with Gasteiger partial charge in [-0.25, -0.2) is 4.99 Å². The minimum Gasteiger partial charge on any atom is -0.454 e. The van der Waals surface area contributed by atoms with E-state index in [9.17, 15) is 8.78 Å². The van der Waals surface area contributed by atoms with Crippen LogP contribution in [0.15, 0.2) is 17.1 Å². The molecule has 164 valence electrons. The normalized spacial score (nSPS) is 13.3. The molecular weight excluding hydrogens is 382 g/mol. The average Bonchev–Trinajstić information content (AvgIpc) is 3.15. The van der Waals surface area contributed by atoms with Gasteiger partial charge in [-0.05, 0) is 45.5 Å². The first-order valence-corrected chi connectivity index (χ1v) is 10.2. The first-order valence-electron chi connectivity index (χ1n) is 10.2. The summed E-state index contributed by atoms with van der Waals surface area (Å²) >= 11 is 0. The monoisotopic (exact) mass is 414 g/mol. The highest BCUT2D eigenvalue weighted by molar-refractivity contribution is 5.79. The first-order chi connectivity index (χ1) is 14.1. The van der Waals surface area contributed by atoms with E-state index in [1.54, 1.807) is 6.07 Å². The summed E-state index contributed by atoms with van der Waals surface area (Å²) in [6.07, 6.45) is 2.12. The predicted octanol–water partition coefficient (Wildman–Crippen LogP) is 3.19. The van der Waals surface area contributed by atoms with Crippen LogP contribution in [-0.4, -0.2) is 57.0 Å². The van der Waals surface area contributed by atoms with Gasteiger partial charge in [0, 0.05) is 24.7 Å². The molecule has 0 spiro atoms. The highest BCUT2D eigenvalue weighted by Crippen LogP contribution is 2.39. The van der Waals surface area contributed by atoms with Crippen molar-refractivity contribution in [2.24, 2.45) is 4.99 Å². The van der Waals surface area contributed by atoms with E-state index in [1.807, 2.05) is 6.92 Å². The molecule has 9 heteroatoms. The van der Waals surface area contributed by atoms with Crippen molar-refractivity contribution in [3.63, 3.8) is 0 Å². The lowest BCUT2D eigenvalue weighted by molar-refractivity contribution is -0.0505. The smallest absolute Gasteiger partial charge is 0.387 e. The number of fused-ring (bicyclic) bond motifs is 1. The Hall–Kier alpha value is -2.29. The van der Waals surface area contributed by atoms with Crippen LogP contribution in [0.25, 0.3) is 0 Å². The van der Waals surface area contributed by atoms with Crippen molar-refractivity contribution in [2.45, 2.75) is 46.8 Å². The predicted molar refractivity (Wildman–Crippen MR) is 109 cm³/mol. The largest absolute Gasteiger partial charge is 0.454 e. The van der Waals surface area contributed by atoms with Crippen molar-refractivity contribution in [2.75, 3.05) is 39.5 Å². The molecule has 2 rings (SSSR count).